The third kappa shape index (κ3) is 10.5. The summed E-state index contributed by atoms with van der Waals surface area (Å²) in [6.45, 7) is 4.82. The maximum Gasteiger partial charge on any atom is 0.245 e. The van der Waals surface area contributed by atoms with E-state index in [-0.39, 0.29) is 5.92 Å². The normalized spacial score (nSPS) is 14.1. The van der Waals surface area contributed by atoms with Crippen LogP contribution >= 0.6 is 0 Å². The van der Waals surface area contributed by atoms with Crippen LogP contribution in [0.25, 0.3) is 0 Å². The Labute approximate surface area is 159 Å². The molecule has 0 rings (SSSR count). The van der Waals surface area contributed by atoms with E-state index in [0.29, 0.717) is 32.2 Å². The molecule has 8 N–H and O–H groups in total. The number of hydrogen-bond donors (Lipinski definition) is 6. The van der Waals surface area contributed by atoms with Crippen LogP contribution in [0.5, 0.6) is 0 Å². The Balaban J connectivity index is 5.14. The van der Waals surface area contributed by atoms with Crippen molar-refractivity contribution in [1.82, 2.24) is 16.0 Å². The lowest BCUT2D eigenvalue weighted by Gasteiger charge is -2.24. The van der Waals surface area contributed by atoms with Crippen LogP contribution in [-0.2, 0) is 19.2 Å². The number of amides is 4. The summed E-state index contributed by atoms with van der Waals surface area (Å²) < 4.78 is 0. The van der Waals surface area contributed by atoms with E-state index in [2.05, 4.69) is 16.0 Å². The molecule has 156 valence electrons. The number of hydrogen-bond acceptors (Lipinski definition) is 6. The molecular formula is C17H33N5O5. The zero-order valence-corrected chi connectivity index (χ0v) is 16.3. The highest BCUT2D eigenvalue weighted by atomic mass is 16.3. The predicted molar refractivity (Wildman–Crippen MR) is 100 cm³/mol. The molecule has 0 saturated heterocycles. The first kappa shape index (κ1) is 24.8. The Morgan fingerprint density at radius 3 is 1.93 bits per heavy atom. The third-order valence-electron chi connectivity index (χ3n) is 3.82. The summed E-state index contributed by atoms with van der Waals surface area (Å²) in [6.07, 6.45) is 1.89. The van der Waals surface area contributed by atoms with Gasteiger partial charge in [-0.15, -0.1) is 0 Å². The lowest BCUT2D eigenvalue weighted by Crippen LogP contribution is -2.57. The molecule has 0 aromatic heterocycles. The average Bonchev–Trinajstić information content (AvgIpc) is 2.57. The van der Waals surface area contributed by atoms with Crippen molar-refractivity contribution in [2.24, 2.45) is 17.4 Å². The molecular weight excluding hydrogens is 354 g/mol. The van der Waals surface area contributed by atoms with Gasteiger partial charge >= 0.3 is 0 Å². The van der Waals surface area contributed by atoms with Crippen LogP contribution in [0.2, 0.25) is 0 Å². The number of carbonyl (C=O) groups excluding carboxylic acids is 4. The maximum absolute atomic E-state index is 12.6. The molecule has 0 radical (unpaired) electrons. The summed E-state index contributed by atoms with van der Waals surface area (Å²) in [4.78, 5) is 47.6. The van der Waals surface area contributed by atoms with Gasteiger partial charge in [-0.2, -0.15) is 0 Å². The summed E-state index contributed by atoms with van der Waals surface area (Å²) in [5, 5.41) is 16.7. The fourth-order valence-corrected chi connectivity index (χ4v) is 2.46. The zero-order chi connectivity index (χ0) is 21.0. The topological polar surface area (TPSA) is 177 Å². The minimum atomic E-state index is -1.17. The number of aliphatic hydroxyl groups is 1. The monoisotopic (exact) mass is 387 g/mol. The molecule has 0 spiro atoms. The van der Waals surface area contributed by atoms with E-state index in [9.17, 15) is 24.3 Å². The van der Waals surface area contributed by atoms with Crippen LogP contribution in [0.3, 0.4) is 0 Å². The van der Waals surface area contributed by atoms with Gasteiger partial charge in [-0.25, -0.2) is 0 Å². The van der Waals surface area contributed by atoms with Crippen LogP contribution in [0.4, 0.5) is 0 Å². The first-order chi connectivity index (χ1) is 12.6. The maximum atomic E-state index is 12.6. The van der Waals surface area contributed by atoms with Crippen molar-refractivity contribution in [1.29, 1.82) is 0 Å². The lowest BCUT2D eigenvalue weighted by molar-refractivity contribution is -0.133. The molecule has 0 heterocycles. The van der Waals surface area contributed by atoms with Crippen molar-refractivity contribution in [2.45, 2.75) is 64.6 Å². The molecule has 3 atom stereocenters. The van der Waals surface area contributed by atoms with Gasteiger partial charge in [0.2, 0.25) is 23.6 Å². The molecule has 27 heavy (non-hydrogen) atoms. The molecule has 0 fully saturated rings. The van der Waals surface area contributed by atoms with Crippen LogP contribution in [0.1, 0.15) is 46.5 Å². The van der Waals surface area contributed by atoms with Gasteiger partial charge in [0.05, 0.1) is 6.61 Å². The van der Waals surface area contributed by atoms with E-state index >= 15 is 0 Å². The zero-order valence-electron chi connectivity index (χ0n) is 16.3. The van der Waals surface area contributed by atoms with Crippen LogP contribution < -0.4 is 27.4 Å². The molecule has 0 bridgehead atoms. The standard InChI is InChI=1S/C17H33N5O5/c1-10(2)8-13(15(19)25)22-16(26)12(6-4-5-7-18)21-17(27)14(9-23)20-11(3)24/h10,12-14,23H,4-9,18H2,1-3H3,(H2,19,25)(H,20,24)(H,21,27)(H,22,26). The Hall–Kier alpha value is -2.20. The van der Waals surface area contributed by atoms with E-state index in [1.165, 1.54) is 6.92 Å². The summed E-state index contributed by atoms with van der Waals surface area (Å²) in [5.41, 5.74) is 10.8. The summed E-state index contributed by atoms with van der Waals surface area (Å²) in [7, 11) is 0. The first-order valence-corrected chi connectivity index (χ1v) is 9.10. The second kappa shape index (κ2) is 13.0. The molecule has 0 aliphatic carbocycles. The van der Waals surface area contributed by atoms with Crippen LogP contribution in [0.15, 0.2) is 0 Å². The molecule has 10 nitrogen and oxygen atoms in total. The molecule has 4 amide bonds. The Morgan fingerprint density at radius 1 is 0.926 bits per heavy atom. The fraction of sp³-hybridized carbons (Fsp3) is 0.765. The average molecular weight is 387 g/mol. The van der Waals surface area contributed by atoms with Gasteiger partial charge in [-0.3, -0.25) is 19.2 Å². The van der Waals surface area contributed by atoms with Gasteiger partial charge in [-0.1, -0.05) is 13.8 Å². The minimum Gasteiger partial charge on any atom is -0.394 e. The highest BCUT2D eigenvalue weighted by Gasteiger charge is 2.28. The summed E-state index contributed by atoms with van der Waals surface area (Å²) in [6, 6.07) is -2.97. The van der Waals surface area contributed by atoms with Crippen LogP contribution in [-0.4, -0.2) is 60.0 Å². The SMILES string of the molecule is CC(=O)NC(CO)C(=O)NC(CCCCN)C(=O)NC(CC(C)C)C(N)=O. The molecule has 0 saturated carbocycles. The quantitative estimate of drug-likeness (QED) is 0.201. The molecule has 10 heteroatoms. The molecule has 0 aliphatic heterocycles. The minimum absolute atomic E-state index is 0.131. The Bertz CT molecular complexity index is 512. The highest BCUT2D eigenvalue weighted by Crippen LogP contribution is 2.07. The number of nitrogens with two attached hydrogens (primary N) is 2. The number of unbranched alkanes of at least 4 members (excludes halogenated alkanes) is 1. The summed E-state index contributed by atoms with van der Waals surface area (Å²) in [5.74, 6) is -2.26. The number of primary amides is 1. The van der Waals surface area contributed by atoms with Crippen molar-refractivity contribution in [2.75, 3.05) is 13.2 Å². The van der Waals surface area contributed by atoms with Gasteiger partial charge in [0.25, 0.3) is 0 Å². The predicted octanol–water partition coefficient (Wildman–Crippen LogP) is -1.89. The molecule has 3 unspecified atom stereocenters. The number of rotatable bonds is 13. The lowest BCUT2D eigenvalue weighted by atomic mass is 10.0. The van der Waals surface area contributed by atoms with E-state index < -0.39 is 48.4 Å². The highest BCUT2D eigenvalue weighted by molar-refractivity contribution is 5.93. The first-order valence-electron chi connectivity index (χ1n) is 9.10. The fourth-order valence-electron chi connectivity index (χ4n) is 2.46. The van der Waals surface area contributed by atoms with E-state index in [1.54, 1.807) is 0 Å². The van der Waals surface area contributed by atoms with Crippen molar-refractivity contribution in [3.8, 4) is 0 Å². The smallest absolute Gasteiger partial charge is 0.245 e. The van der Waals surface area contributed by atoms with E-state index in [4.69, 9.17) is 11.5 Å². The molecule has 0 aromatic carbocycles. The van der Waals surface area contributed by atoms with Gasteiger partial charge in [-0.05, 0) is 38.1 Å². The molecule has 0 aromatic rings. The van der Waals surface area contributed by atoms with Crippen molar-refractivity contribution >= 4 is 23.6 Å². The van der Waals surface area contributed by atoms with E-state index in [0.717, 1.165) is 0 Å². The number of aliphatic hydroxyl groups excluding tert-OH is 1. The van der Waals surface area contributed by atoms with Crippen molar-refractivity contribution in [3.63, 3.8) is 0 Å². The Morgan fingerprint density at radius 2 is 1.48 bits per heavy atom. The third-order valence-corrected chi connectivity index (χ3v) is 3.82. The van der Waals surface area contributed by atoms with Crippen LogP contribution in [0, 0.1) is 5.92 Å². The van der Waals surface area contributed by atoms with Gasteiger partial charge < -0.3 is 32.5 Å². The van der Waals surface area contributed by atoms with Gasteiger partial charge in [0, 0.05) is 6.92 Å². The largest absolute Gasteiger partial charge is 0.394 e. The second-order valence-electron chi connectivity index (χ2n) is 6.87. The molecule has 0 aliphatic rings. The second-order valence-corrected chi connectivity index (χ2v) is 6.87. The Kier molecular flexibility index (Phi) is 12.0. The summed E-state index contributed by atoms with van der Waals surface area (Å²) >= 11 is 0. The van der Waals surface area contributed by atoms with Crippen molar-refractivity contribution in [3.05, 3.63) is 0 Å². The van der Waals surface area contributed by atoms with E-state index in [1.807, 2.05) is 13.8 Å². The number of carbonyl (C=O) groups is 4. The van der Waals surface area contributed by atoms with Gasteiger partial charge in [0.15, 0.2) is 0 Å². The van der Waals surface area contributed by atoms with Gasteiger partial charge in [0.1, 0.15) is 18.1 Å². The number of nitrogens with one attached hydrogen (secondary N) is 3. The van der Waals surface area contributed by atoms with Crippen molar-refractivity contribution < 1.29 is 24.3 Å².